The average Bonchev–Trinajstić information content (AvgIpc) is 2.27. The second kappa shape index (κ2) is 7.02. The number of pyridine rings is 1. The monoisotopic (exact) mass is 252 g/mol. The van der Waals surface area contributed by atoms with Crippen LogP contribution in [0.1, 0.15) is 33.4 Å². The summed E-state index contributed by atoms with van der Waals surface area (Å²) >= 11 is 2.01. The highest BCUT2D eigenvalue weighted by molar-refractivity contribution is 8.00. The molecule has 0 fully saturated rings. The highest BCUT2D eigenvalue weighted by atomic mass is 32.2. The molecule has 1 atom stereocenters. The third-order valence-corrected chi connectivity index (χ3v) is 3.90. The van der Waals surface area contributed by atoms with Gasteiger partial charge < -0.3 is 5.32 Å². The molecule has 0 aliphatic heterocycles. The van der Waals surface area contributed by atoms with Gasteiger partial charge in [-0.15, -0.1) is 0 Å². The van der Waals surface area contributed by atoms with Gasteiger partial charge in [-0.2, -0.15) is 11.8 Å². The van der Waals surface area contributed by atoms with Gasteiger partial charge in [0.2, 0.25) is 0 Å². The molecule has 0 saturated carbocycles. The van der Waals surface area contributed by atoms with Crippen LogP contribution in [0, 0.1) is 0 Å². The number of nitrogens with zero attached hydrogens (tertiary/aromatic N) is 1. The van der Waals surface area contributed by atoms with Crippen molar-refractivity contribution in [1.29, 1.82) is 0 Å². The predicted molar refractivity (Wildman–Crippen MR) is 77.6 cm³/mol. The maximum absolute atomic E-state index is 4.32. The first-order valence-corrected chi connectivity index (χ1v) is 7.23. The molecule has 1 aromatic heterocycles. The fourth-order valence-corrected chi connectivity index (χ4v) is 2.29. The normalized spacial score (nSPS) is 13.6. The van der Waals surface area contributed by atoms with E-state index >= 15 is 0 Å². The van der Waals surface area contributed by atoms with Gasteiger partial charge >= 0.3 is 0 Å². The molecule has 0 spiro atoms. The Bertz CT molecular complexity index is 306. The van der Waals surface area contributed by atoms with E-state index in [9.17, 15) is 0 Å². The van der Waals surface area contributed by atoms with Crippen LogP contribution in [0.3, 0.4) is 0 Å². The zero-order chi connectivity index (χ0) is 12.7. The van der Waals surface area contributed by atoms with Crippen LogP contribution in [0.2, 0.25) is 0 Å². The predicted octanol–water partition coefficient (Wildman–Crippen LogP) is 3.13. The van der Waals surface area contributed by atoms with Crippen molar-refractivity contribution >= 4 is 11.8 Å². The van der Waals surface area contributed by atoms with Gasteiger partial charge in [0.1, 0.15) is 0 Å². The van der Waals surface area contributed by atoms with E-state index in [1.807, 2.05) is 30.1 Å². The van der Waals surface area contributed by atoms with Crippen LogP contribution in [0.4, 0.5) is 0 Å². The van der Waals surface area contributed by atoms with Crippen LogP contribution >= 0.6 is 11.8 Å². The Morgan fingerprint density at radius 1 is 1.35 bits per heavy atom. The fraction of sp³-hybridized carbons (Fsp3) is 0.643. The quantitative estimate of drug-likeness (QED) is 0.842. The van der Waals surface area contributed by atoms with Gasteiger partial charge in [0, 0.05) is 41.4 Å². The molecule has 0 aliphatic carbocycles. The van der Waals surface area contributed by atoms with Gasteiger partial charge in [-0.05, 0) is 19.1 Å². The molecule has 1 rings (SSSR count). The van der Waals surface area contributed by atoms with Crippen molar-refractivity contribution in [3.63, 3.8) is 0 Å². The molecule has 0 aromatic carbocycles. The zero-order valence-corrected chi connectivity index (χ0v) is 12.2. The standard InChI is InChI=1S/C14H24N2S/c1-12(11-17-14(2,3)4)15-10-8-13-7-5-6-9-16-13/h5-7,9,12,15H,8,10-11H2,1-4H3/t12-/m1/s1. The number of nitrogens with one attached hydrogen (secondary N) is 1. The second-order valence-electron chi connectivity index (χ2n) is 5.35. The van der Waals surface area contributed by atoms with Crippen LogP contribution in [0.15, 0.2) is 24.4 Å². The molecule has 0 saturated heterocycles. The number of hydrogen-bond acceptors (Lipinski definition) is 3. The summed E-state index contributed by atoms with van der Waals surface area (Å²) in [4.78, 5) is 4.32. The number of thioether (sulfide) groups is 1. The van der Waals surface area contributed by atoms with E-state index in [1.165, 1.54) is 0 Å². The highest BCUT2D eigenvalue weighted by Crippen LogP contribution is 2.23. The summed E-state index contributed by atoms with van der Waals surface area (Å²) in [7, 11) is 0. The maximum atomic E-state index is 4.32. The summed E-state index contributed by atoms with van der Waals surface area (Å²) < 4.78 is 0.358. The Balaban J connectivity index is 2.14. The molecule has 0 unspecified atom stereocenters. The van der Waals surface area contributed by atoms with Gasteiger partial charge in [-0.1, -0.05) is 26.8 Å². The zero-order valence-electron chi connectivity index (χ0n) is 11.4. The first-order valence-electron chi connectivity index (χ1n) is 6.24. The smallest absolute Gasteiger partial charge is 0.0416 e. The molecule has 0 radical (unpaired) electrons. The summed E-state index contributed by atoms with van der Waals surface area (Å²) in [6.07, 6.45) is 2.86. The van der Waals surface area contributed by atoms with Gasteiger partial charge in [0.15, 0.2) is 0 Å². The Kier molecular flexibility index (Phi) is 6.00. The molecule has 3 heteroatoms. The fourth-order valence-electron chi connectivity index (χ4n) is 1.43. The molecule has 0 aliphatic rings. The van der Waals surface area contributed by atoms with Crippen LogP contribution in [0.25, 0.3) is 0 Å². The van der Waals surface area contributed by atoms with Crippen LogP contribution in [-0.2, 0) is 6.42 Å². The average molecular weight is 252 g/mol. The molecule has 2 nitrogen and oxygen atoms in total. The molecule has 17 heavy (non-hydrogen) atoms. The number of hydrogen-bond donors (Lipinski definition) is 1. The van der Waals surface area contributed by atoms with Crippen molar-refractivity contribution in [1.82, 2.24) is 10.3 Å². The maximum Gasteiger partial charge on any atom is 0.0416 e. The summed E-state index contributed by atoms with van der Waals surface area (Å²) in [6, 6.07) is 6.64. The molecule has 0 bridgehead atoms. The van der Waals surface area contributed by atoms with E-state index < -0.39 is 0 Å². The third kappa shape index (κ3) is 7.40. The lowest BCUT2D eigenvalue weighted by Gasteiger charge is -2.21. The lowest BCUT2D eigenvalue weighted by atomic mass is 10.2. The summed E-state index contributed by atoms with van der Waals surface area (Å²) in [5.74, 6) is 1.16. The van der Waals surface area contributed by atoms with E-state index in [-0.39, 0.29) is 0 Å². The Labute approximate surface area is 110 Å². The largest absolute Gasteiger partial charge is 0.313 e. The highest BCUT2D eigenvalue weighted by Gasteiger charge is 2.12. The Morgan fingerprint density at radius 2 is 2.12 bits per heavy atom. The van der Waals surface area contributed by atoms with Crippen molar-refractivity contribution in [2.75, 3.05) is 12.3 Å². The third-order valence-electron chi connectivity index (χ3n) is 2.37. The molecular weight excluding hydrogens is 228 g/mol. The van der Waals surface area contributed by atoms with Gasteiger partial charge in [0.05, 0.1) is 0 Å². The van der Waals surface area contributed by atoms with Crippen LogP contribution in [-0.4, -0.2) is 28.1 Å². The van der Waals surface area contributed by atoms with E-state index in [0.717, 1.165) is 24.4 Å². The lowest BCUT2D eigenvalue weighted by molar-refractivity contribution is 0.591. The minimum Gasteiger partial charge on any atom is -0.313 e. The van der Waals surface area contributed by atoms with E-state index in [4.69, 9.17) is 0 Å². The van der Waals surface area contributed by atoms with Crippen molar-refractivity contribution in [3.05, 3.63) is 30.1 Å². The number of aromatic nitrogens is 1. The topological polar surface area (TPSA) is 24.9 Å². The number of rotatable bonds is 6. The van der Waals surface area contributed by atoms with Gasteiger partial charge in [-0.25, -0.2) is 0 Å². The minimum atomic E-state index is 0.358. The van der Waals surface area contributed by atoms with Gasteiger partial charge in [-0.3, -0.25) is 4.98 Å². The summed E-state index contributed by atoms with van der Waals surface area (Å²) in [5.41, 5.74) is 1.16. The molecule has 1 heterocycles. The van der Waals surface area contributed by atoms with Crippen molar-refractivity contribution in [2.45, 2.75) is 44.9 Å². The SMILES string of the molecule is C[C@H](CSC(C)(C)C)NCCc1ccccn1. The lowest BCUT2D eigenvalue weighted by Crippen LogP contribution is -2.31. The van der Waals surface area contributed by atoms with Crippen molar-refractivity contribution in [2.24, 2.45) is 0 Å². The second-order valence-corrected chi connectivity index (χ2v) is 7.20. The van der Waals surface area contributed by atoms with E-state index in [0.29, 0.717) is 10.8 Å². The summed E-state index contributed by atoms with van der Waals surface area (Å²) in [6.45, 7) is 10.0. The van der Waals surface area contributed by atoms with E-state index in [1.54, 1.807) is 0 Å². The van der Waals surface area contributed by atoms with E-state index in [2.05, 4.69) is 44.1 Å². The first-order chi connectivity index (χ1) is 7.97. The molecule has 96 valence electrons. The van der Waals surface area contributed by atoms with Crippen molar-refractivity contribution < 1.29 is 0 Å². The van der Waals surface area contributed by atoms with Crippen LogP contribution < -0.4 is 5.32 Å². The molecule has 0 amide bonds. The van der Waals surface area contributed by atoms with Crippen LogP contribution in [0.5, 0.6) is 0 Å². The minimum absolute atomic E-state index is 0.358. The first kappa shape index (κ1) is 14.5. The molecule has 1 aromatic rings. The molecule has 1 N–H and O–H groups in total. The van der Waals surface area contributed by atoms with Gasteiger partial charge in [0.25, 0.3) is 0 Å². The Hall–Kier alpha value is -0.540. The molecular formula is C14H24N2S. The summed E-state index contributed by atoms with van der Waals surface area (Å²) in [5, 5.41) is 3.54. The van der Waals surface area contributed by atoms with Crippen molar-refractivity contribution in [3.8, 4) is 0 Å². The Morgan fingerprint density at radius 3 is 2.71 bits per heavy atom.